The number of H-pyrrole nitrogens is 1. The molecule has 0 saturated carbocycles. The maximum absolute atomic E-state index is 11.7. The van der Waals surface area contributed by atoms with Crippen molar-refractivity contribution in [3.05, 3.63) is 33.1 Å². The lowest BCUT2D eigenvalue weighted by Gasteiger charge is -2.21. The van der Waals surface area contributed by atoms with Gasteiger partial charge in [-0.05, 0) is 0 Å². The van der Waals surface area contributed by atoms with E-state index in [1.165, 1.54) is 6.20 Å². The number of aromatic amines is 1. The molecule has 0 aliphatic carbocycles. The lowest BCUT2D eigenvalue weighted by Crippen LogP contribution is -2.39. The SMILES string of the molecule is NOCOC1C(O)[C@H](CO)O[C@@H]1n1ccc(=O)[nH]c1=O. The smallest absolute Gasteiger partial charge is 0.330 e. The van der Waals surface area contributed by atoms with Crippen molar-refractivity contribution < 1.29 is 24.5 Å². The number of aromatic nitrogens is 2. The zero-order valence-corrected chi connectivity index (χ0v) is 10.3. The van der Waals surface area contributed by atoms with Crippen LogP contribution >= 0.6 is 0 Å². The number of aliphatic hydroxyl groups excluding tert-OH is 2. The Morgan fingerprint density at radius 3 is 2.85 bits per heavy atom. The summed E-state index contributed by atoms with van der Waals surface area (Å²) in [5.41, 5.74) is -1.29. The quantitative estimate of drug-likeness (QED) is 0.331. The molecule has 1 aliphatic heterocycles. The minimum absolute atomic E-state index is 0.335. The summed E-state index contributed by atoms with van der Waals surface area (Å²) in [6.45, 7) is -0.795. The largest absolute Gasteiger partial charge is 0.394 e. The van der Waals surface area contributed by atoms with Crippen LogP contribution in [-0.4, -0.2) is 51.5 Å². The topological polar surface area (TPSA) is 149 Å². The number of nitrogens with zero attached hydrogens (tertiary/aromatic N) is 1. The Bertz CT molecular complexity index is 556. The van der Waals surface area contributed by atoms with Crippen LogP contribution in [-0.2, 0) is 14.3 Å². The average Bonchev–Trinajstić information content (AvgIpc) is 2.73. The zero-order chi connectivity index (χ0) is 14.7. The molecule has 2 unspecified atom stereocenters. The fourth-order valence-corrected chi connectivity index (χ4v) is 2.02. The monoisotopic (exact) mass is 289 g/mol. The number of aliphatic hydroxyl groups is 2. The molecule has 2 heterocycles. The highest BCUT2D eigenvalue weighted by Crippen LogP contribution is 2.30. The number of hydrogen-bond donors (Lipinski definition) is 4. The van der Waals surface area contributed by atoms with Crippen LogP contribution in [0.1, 0.15) is 6.23 Å². The van der Waals surface area contributed by atoms with Crippen LogP contribution in [0, 0.1) is 0 Å². The molecule has 1 fully saturated rings. The molecule has 4 atom stereocenters. The van der Waals surface area contributed by atoms with E-state index in [-0.39, 0.29) is 6.79 Å². The highest BCUT2D eigenvalue weighted by molar-refractivity contribution is 4.93. The third kappa shape index (κ3) is 2.80. The molecule has 0 radical (unpaired) electrons. The van der Waals surface area contributed by atoms with Gasteiger partial charge in [0, 0.05) is 12.3 Å². The van der Waals surface area contributed by atoms with E-state index in [0.29, 0.717) is 0 Å². The Balaban J connectivity index is 2.31. The lowest BCUT2D eigenvalue weighted by molar-refractivity contribution is -0.141. The molecule has 1 saturated heterocycles. The number of nitrogens with two attached hydrogens (primary N) is 1. The molecule has 0 amide bonds. The molecule has 2 rings (SSSR count). The second kappa shape index (κ2) is 6.26. The van der Waals surface area contributed by atoms with Crippen molar-refractivity contribution in [3.63, 3.8) is 0 Å². The molecule has 10 heteroatoms. The summed E-state index contributed by atoms with van der Waals surface area (Å²) < 4.78 is 11.6. The van der Waals surface area contributed by atoms with Crippen LogP contribution < -0.4 is 17.1 Å². The van der Waals surface area contributed by atoms with E-state index in [1.807, 2.05) is 0 Å². The minimum Gasteiger partial charge on any atom is -0.394 e. The average molecular weight is 289 g/mol. The van der Waals surface area contributed by atoms with Crippen LogP contribution in [0.25, 0.3) is 0 Å². The van der Waals surface area contributed by atoms with Crippen LogP contribution in [0.15, 0.2) is 21.9 Å². The number of hydrogen-bond acceptors (Lipinski definition) is 8. The molecule has 1 aromatic rings. The summed E-state index contributed by atoms with van der Waals surface area (Å²) in [4.78, 5) is 29.1. The molecule has 0 spiro atoms. The van der Waals surface area contributed by atoms with Gasteiger partial charge < -0.3 is 19.7 Å². The molecule has 0 aromatic carbocycles. The standard InChI is InChI=1S/C10H15N3O7/c11-19-4-18-8-7(16)5(3-14)20-9(8)13-2-1-6(15)12-10(13)17/h1-2,5,7-9,14,16H,3-4,11H2,(H,12,15,17)/t5-,7?,8?,9-/m0/s1. The van der Waals surface area contributed by atoms with Gasteiger partial charge in [-0.2, -0.15) is 0 Å². The Hall–Kier alpha value is -1.56. The van der Waals surface area contributed by atoms with Gasteiger partial charge in [-0.1, -0.05) is 0 Å². The molecular formula is C10H15N3O7. The first-order valence-electron chi connectivity index (χ1n) is 5.77. The summed E-state index contributed by atoms with van der Waals surface area (Å²) in [7, 11) is 0. The second-order valence-electron chi connectivity index (χ2n) is 4.17. The highest BCUT2D eigenvalue weighted by atomic mass is 16.7. The van der Waals surface area contributed by atoms with Crippen molar-refractivity contribution in [1.82, 2.24) is 9.55 Å². The van der Waals surface area contributed by atoms with Crippen molar-refractivity contribution in [2.45, 2.75) is 24.5 Å². The van der Waals surface area contributed by atoms with Crippen LogP contribution in [0.3, 0.4) is 0 Å². The lowest BCUT2D eigenvalue weighted by atomic mass is 10.1. The zero-order valence-electron chi connectivity index (χ0n) is 10.3. The van der Waals surface area contributed by atoms with Crippen molar-refractivity contribution in [3.8, 4) is 0 Å². The van der Waals surface area contributed by atoms with Gasteiger partial charge >= 0.3 is 5.69 Å². The van der Waals surface area contributed by atoms with E-state index in [2.05, 4.69) is 9.82 Å². The van der Waals surface area contributed by atoms with Crippen molar-refractivity contribution >= 4 is 0 Å². The van der Waals surface area contributed by atoms with Gasteiger partial charge in [0.15, 0.2) is 13.0 Å². The predicted molar refractivity (Wildman–Crippen MR) is 63.3 cm³/mol. The Labute approximate surface area is 112 Å². The third-order valence-electron chi connectivity index (χ3n) is 2.95. The van der Waals surface area contributed by atoms with E-state index < -0.39 is 42.4 Å². The van der Waals surface area contributed by atoms with Crippen molar-refractivity contribution in [1.29, 1.82) is 0 Å². The first-order valence-corrected chi connectivity index (χ1v) is 5.77. The highest BCUT2D eigenvalue weighted by Gasteiger charge is 2.45. The molecule has 5 N–H and O–H groups in total. The summed E-state index contributed by atoms with van der Waals surface area (Å²) in [6, 6.07) is 1.12. The molecule has 10 nitrogen and oxygen atoms in total. The van der Waals surface area contributed by atoms with Gasteiger partial charge in [-0.25, -0.2) is 10.7 Å². The van der Waals surface area contributed by atoms with Gasteiger partial charge in [0.1, 0.15) is 18.3 Å². The summed E-state index contributed by atoms with van der Waals surface area (Å²) in [5.74, 6) is 4.84. The number of nitrogens with one attached hydrogen (secondary N) is 1. The molecule has 20 heavy (non-hydrogen) atoms. The molecule has 112 valence electrons. The van der Waals surface area contributed by atoms with Gasteiger partial charge in [0.25, 0.3) is 5.56 Å². The number of ether oxygens (including phenoxy) is 2. The van der Waals surface area contributed by atoms with Crippen molar-refractivity contribution in [2.75, 3.05) is 13.4 Å². The summed E-state index contributed by atoms with van der Waals surface area (Å²) in [6.07, 6.45) is -2.92. The normalized spacial score (nSPS) is 29.8. The van der Waals surface area contributed by atoms with E-state index in [0.717, 1.165) is 10.6 Å². The first kappa shape index (κ1) is 14.8. The number of rotatable bonds is 5. The van der Waals surface area contributed by atoms with Gasteiger partial charge in [0.2, 0.25) is 0 Å². The van der Waals surface area contributed by atoms with E-state index in [4.69, 9.17) is 20.5 Å². The summed E-state index contributed by atoms with van der Waals surface area (Å²) >= 11 is 0. The molecule has 1 aromatic heterocycles. The van der Waals surface area contributed by atoms with E-state index in [1.54, 1.807) is 0 Å². The third-order valence-corrected chi connectivity index (χ3v) is 2.95. The molecule has 0 bridgehead atoms. The molecule has 1 aliphatic rings. The Kier molecular flexibility index (Phi) is 4.65. The van der Waals surface area contributed by atoms with E-state index >= 15 is 0 Å². The first-order chi connectivity index (χ1) is 9.58. The van der Waals surface area contributed by atoms with E-state index in [9.17, 15) is 14.7 Å². The van der Waals surface area contributed by atoms with Crippen molar-refractivity contribution in [2.24, 2.45) is 5.90 Å². The Morgan fingerprint density at radius 1 is 1.50 bits per heavy atom. The Morgan fingerprint density at radius 2 is 2.25 bits per heavy atom. The van der Waals surface area contributed by atoms with Gasteiger partial charge in [-0.15, -0.1) is 0 Å². The summed E-state index contributed by atoms with van der Waals surface area (Å²) in [5, 5.41) is 19.1. The van der Waals surface area contributed by atoms with Gasteiger partial charge in [0.05, 0.1) is 6.61 Å². The van der Waals surface area contributed by atoms with Crippen LogP contribution in [0.2, 0.25) is 0 Å². The van der Waals surface area contributed by atoms with Crippen LogP contribution in [0.4, 0.5) is 0 Å². The fourth-order valence-electron chi connectivity index (χ4n) is 2.02. The van der Waals surface area contributed by atoms with Gasteiger partial charge in [-0.3, -0.25) is 19.2 Å². The molecular weight excluding hydrogens is 274 g/mol. The van der Waals surface area contributed by atoms with Crippen LogP contribution in [0.5, 0.6) is 0 Å². The second-order valence-corrected chi connectivity index (χ2v) is 4.17. The maximum Gasteiger partial charge on any atom is 0.330 e. The fraction of sp³-hybridized carbons (Fsp3) is 0.600. The maximum atomic E-state index is 11.7. The minimum atomic E-state index is -1.18. The predicted octanol–water partition coefficient (Wildman–Crippen LogP) is -2.98.